The van der Waals surface area contributed by atoms with Crippen molar-refractivity contribution in [3.63, 3.8) is 0 Å². The van der Waals surface area contributed by atoms with Crippen LogP contribution in [-0.4, -0.2) is 19.2 Å². The molecule has 7 heteroatoms. The molecule has 0 atom stereocenters. The molecule has 4 bridgehead atoms. The minimum Gasteiger partial charge on any atom is -0.494 e. The first-order valence-electron chi connectivity index (χ1n) is 18.5. The Bertz CT molecular complexity index is 1300. The van der Waals surface area contributed by atoms with Crippen molar-refractivity contribution in [1.29, 1.82) is 0 Å². The molecular formula is C41H58N2O3S2. The van der Waals surface area contributed by atoms with Crippen molar-refractivity contribution in [2.24, 2.45) is 0 Å². The van der Waals surface area contributed by atoms with Crippen LogP contribution in [0.4, 0.5) is 16.2 Å². The third kappa shape index (κ3) is 15.2. The lowest BCUT2D eigenvalue weighted by Gasteiger charge is -2.15. The van der Waals surface area contributed by atoms with Gasteiger partial charge in [-0.2, -0.15) is 23.5 Å². The van der Waals surface area contributed by atoms with Crippen molar-refractivity contribution in [1.82, 2.24) is 0 Å². The molecule has 3 aromatic carbocycles. The van der Waals surface area contributed by atoms with Crippen molar-refractivity contribution in [2.75, 3.05) is 23.8 Å². The number of urea groups is 1. The second-order valence-corrected chi connectivity index (χ2v) is 15.0. The Labute approximate surface area is 299 Å². The molecule has 0 radical (unpaired) electrons. The van der Waals surface area contributed by atoms with E-state index >= 15 is 0 Å². The topological polar surface area (TPSA) is 59.6 Å². The summed E-state index contributed by atoms with van der Waals surface area (Å²) < 4.78 is 12.1. The van der Waals surface area contributed by atoms with Crippen molar-refractivity contribution >= 4 is 40.9 Å². The molecule has 0 saturated heterocycles. The summed E-state index contributed by atoms with van der Waals surface area (Å²) in [6, 6.07) is 20.6. The highest BCUT2D eigenvalue weighted by Crippen LogP contribution is 2.30. The lowest BCUT2D eigenvalue weighted by Crippen LogP contribution is -2.19. The van der Waals surface area contributed by atoms with E-state index in [1.807, 2.05) is 47.8 Å². The number of fused-ring (bicyclic) bond motifs is 4. The molecule has 0 aliphatic carbocycles. The lowest BCUT2D eigenvalue weighted by molar-refractivity contribution is 0.262. The van der Waals surface area contributed by atoms with Crippen molar-refractivity contribution in [2.45, 2.75) is 127 Å². The Morgan fingerprint density at radius 1 is 0.521 bits per heavy atom. The Kier molecular flexibility index (Phi) is 18.1. The third-order valence-corrected chi connectivity index (χ3v) is 10.7. The van der Waals surface area contributed by atoms with Gasteiger partial charge in [0.2, 0.25) is 0 Å². The molecule has 262 valence electrons. The van der Waals surface area contributed by atoms with Gasteiger partial charge >= 0.3 is 6.03 Å². The van der Waals surface area contributed by atoms with Gasteiger partial charge in [-0.3, -0.25) is 0 Å². The molecule has 4 rings (SSSR count). The van der Waals surface area contributed by atoms with Crippen LogP contribution < -0.4 is 20.1 Å². The van der Waals surface area contributed by atoms with Crippen LogP contribution in [0, 0.1) is 0 Å². The predicted molar refractivity (Wildman–Crippen MR) is 209 cm³/mol. The van der Waals surface area contributed by atoms with E-state index in [4.69, 9.17) is 9.47 Å². The quantitative estimate of drug-likeness (QED) is 0.116. The number of carbonyl (C=O) groups excluding carboxylic acids is 1. The molecule has 1 aliphatic rings. The highest BCUT2D eigenvalue weighted by Gasteiger charge is 2.10. The van der Waals surface area contributed by atoms with E-state index < -0.39 is 0 Å². The molecule has 5 nitrogen and oxygen atoms in total. The van der Waals surface area contributed by atoms with E-state index in [0.29, 0.717) is 0 Å². The van der Waals surface area contributed by atoms with Gasteiger partial charge in [0.05, 0.1) is 13.2 Å². The molecule has 48 heavy (non-hydrogen) atoms. The zero-order valence-electron chi connectivity index (χ0n) is 29.5. The van der Waals surface area contributed by atoms with E-state index in [-0.39, 0.29) is 6.03 Å². The number of hydrogen-bond donors (Lipinski definition) is 2. The van der Waals surface area contributed by atoms with Crippen LogP contribution in [0.3, 0.4) is 0 Å². The monoisotopic (exact) mass is 690 g/mol. The molecule has 0 fully saturated rings. The van der Waals surface area contributed by atoms with Gasteiger partial charge in [0.1, 0.15) is 11.5 Å². The van der Waals surface area contributed by atoms with Gasteiger partial charge in [-0.05, 0) is 83.6 Å². The Morgan fingerprint density at radius 2 is 0.938 bits per heavy atom. The van der Waals surface area contributed by atoms with Gasteiger partial charge in [-0.15, -0.1) is 0 Å². The van der Waals surface area contributed by atoms with Crippen LogP contribution in [-0.2, 0) is 23.0 Å². The van der Waals surface area contributed by atoms with E-state index in [2.05, 4.69) is 60.9 Å². The molecule has 0 aromatic heterocycles. The zero-order valence-corrected chi connectivity index (χ0v) is 31.1. The maximum atomic E-state index is 12.9. The molecular weight excluding hydrogens is 633 g/mol. The molecule has 2 N–H and O–H groups in total. The average Bonchev–Trinajstić information content (AvgIpc) is 3.07. The van der Waals surface area contributed by atoms with E-state index in [1.165, 1.54) is 99.3 Å². The highest BCUT2D eigenvalue weighted by atomic mass is 32.2. The van der Waals surface area contributed by atoms with E-state index in [0.717, 1.165) is 71.9 Å². The van der Waals surface area contributed by atoms with Crippen LogP contribution >= 0.6 is 23.5 Å². The maximum absolute atomic E-state index is 12.9. The van der Waals surface area contributed by atoms with Gasteiger partial charge in [0, 0.05) is 34.4 Å². The van der Waals surface area contributed by atoms with Crippen molar-refractivity contribution < 1.29 is 14.3 Å². The largest absolute Gasteiger partial charge is 0.494 e. The molecule has 0 spiro atoms. The number of anilines is 2. The summed E-state index contributed by atoms with van der Waals surface area (Å²) in [7, 11) is 0. The Morgan fingerprint density at radius 3 is 1.44 bits per heavy atom. The number of benzene rings is 3. The molecule has 1 aliphatic heterocycles. The number of unbranched alkanes of at least 4 members (excludes halogenated alkanes) is 12. The maximum Gasteiger partial charge on any atom is 0.323 e. The SMILES string of the molecule is CCCCCCCCCCOc1cc2cc(c1)CSCc1cc(cc(NC(=O)Nc3ccc(OCCCCCCCC)cc3)c1)CSC2. The van der Waals surface area contributed by atoms with Crippen LogP contribution in [0.15, 0.2) is 60.7 Å². The van der Waals surface area contributed by atoms with Gasteiger partial charge in [-0.25, -0.2) is 4.79 Å². The summed E-state index contributed by atoms with van der Waals surface area (Å²) in [5.74, 6) is 5.47. The molecule has 1 heterocycles. The van der Waals surface area contributed by atoms with E-state index in [1.54, 1.807) is 0 Å². The van der Waals surface area contributed by atoms with Crippen LogP contribution in [0.2, 0.25) is 0 Å². The van der Waals surface area contributed by atoms with Crippen LogP contribution in [0.1, 0.15) is 126 Å². The number of hydrogen-bond acceptors (Lipinski definition) is 5. The minimum absolute atomic E-state index is 0.241. The summed E-state index contributed by atoms with van der Waals surface area (Å²) in [5.41, 5.74) is 6.65. The van der Waals surface area contributed by atoms with Gasteiger partial charge < -0.3 is 20.1 Å². The molecule has 3 aromatic rings. The van der Waals surface area contributed by atoms with Crippen molar-refractivity contribution in [3.8, 4) is 11.5 Å². The number of thioether (sulfide) groups is 2. The predicted octanol–water partition coefficient (Wildman–Crippen LogP) is 12.8. The first-order chi connectivity index (χ1) is 23.6. The summed E-state index contributed by atoms with van der Waals surface area (Å²) >= 11 is 3.81. The zero-order chi connectivity index (χ0) is 33.7. The number of ether oxygens (including phenoxy) is 2. The standard InChI is InChI=1S/C41H58N2O3S2/c1-3-5-7-9-11-12-14-16-22-46-40-27-35-24-36(28-40)32-48-30-34-23-33(29-47-31-35)25-38(26-34)43-41(44)42-37-17-19-39(20-18-37)45-21-15-13-10-8-6-4-2/h17-20,23-28H,3-16,21-22,29-32H2,1-2H3,(H2,42,43,44). The fourth-order valence-electron chi connectivity index (χ4n) is 5.98. The first kappa shape index (κ1) is 38.0. The molecule has 2 amide bonds. The van der Waals surface area contributed by atoms with Crippen LogP contribution in [0.25, 0.3) is 0 Å². The summed E-state index contributed by atoms with van der Waals surface area (Å²) in [4.78, 5) is 12.9. The van der Waals surface area contributed by atoms with Crippen LogP contribution in [0.5, 0.6) is 11.5 Å². The molecule has 0 unspecified atom stereocenters. The smallest absolute Gasteiger partial charge is 0.323 e. The minimum atomic E-state index is -0.241. The van der Waals surface area contributed by atoms with Gasteiger partial charge in [0.25, 0.3) is 0 Å². The van der Waals surface area contributed by atoms with Crippen molar-refractivity contribution in [3.05, 3.63) is 82.9 Å². The Hall–Kier alpha value is -2.77. The lowest BCUT2D eigenvalue weighted by atomic mass is 10.1. The summed E-state index contributed by atoms with van der Waals surface area (Å²) in [5, 5.41) is 6.04. The second-order valence-electron chi connectivity index (χ2n) is 13.1. The van der Waals surface area contributed by atoms with Gasteiger partial charge in [-0.1, -0.05) is 103 Å². The summed E-state index contributed by atoms with van der Waals surface area (Å²) in [6.45, 7) is 6.04. The normalized spacial score (nSPS) is 12.9. The number of nitrogens with one attached hydrogen (secondary N) is 2. The second kappa shape index (κ2) is 22.8. The summed E-state index contributed by atoms with van der Waals surface area (Å²) in [6.07, 6.45) is 17.9. The van der Waals surface area contributed by atoms with E-state index in [9.17, 15) is 4.79 Å². The molecule has 0 saturated carbocycles. The number of rotatable bonds is 20. The first-order valence-corrected chi connectivity index (χ1v) is 20.8. The van der Waals surface area contributed by atoms with Gasteiger partial charge in [0.15, 0.2) is 0 Å². The third-order valence-electron chi connectivity index (χ3n) is 8.56. The number of carbonyl (C=O) groups is 1. The Balaban J connectivity index is 1.22. The number of amides is 2. The fraction of sp³-hybridized carbons (Fsp3) is 0.537. The fourth-order valence-corrected chi connectivity index (χ4v) is 7.79. The highest BCUT2D eigenvalue weighted by molar-refractivity contribution is 7.98. The average molecular weight is 691 g/mol.